The van der Waals surface area contributed by atoms with Gasteiger partial charge in [0.05, 0.1) is 16.5 Å². The molecule has 3 fully saturated rings. The number of aliphatic hydroxyl groups is 1. The number of rotatable bonds is 3. The topological polar surface area (TPSA) is 75.1 Å². The Bertz CT molecular complexity index is 587. The summed E-state index contributed by atoms with van der Waals surface area (Å²) < 4.78 is 12.0. The van der Waals surface area contributed by atoms with Crippen molar-refractivity contribution in [3.05, 3.63) is 11.0 Å². The molecule has 2 bridgehead atoms. The maximum Gasteiger partial charge on any atom is 0.224 e. The van der Waals surface area contributed by atoms with E-state index in [1.165, 1.54) is 0 Å². The molecule has 1 aromatic heterocycles. The third kappa shape index (κ3) is 1.60. The molecule has 1 atom stereocenters. The van der Waals surface area contributed by atoms with E-state index in [1.807, 2.05) is 0 Å². The molecule has 5 nitrogen and oxygen atoms in total. The molecule has 0 aromatic carbocycles. The smallest absolute Gasteiger partial charge is 0.224 e. The van der Waals surface area contributed by atoms with Gasteiger partial charge in [-0.15, -0.1) is 0 Å². The lowest BCUT2D eigenvalue weighted by Gasteiger charge is -2.70. The van der Waals surface area contributed by atoms with Crippen LogP contribution in [0.5, 0.6) is 0 Å². The van der Waals surface area contributed by atoms with Crippen LogP contribution in [-0.4, -0.2) is 37.2 Å². The predicted octanol–water partition coefficient (Wildman–Crippen LogP) is 1.12. The van der Waals surface area contributed by atoms with Gasteiger partial charge in [-0.1, -0.05) is 0 Å². The van der Waals surface area contributed by atoms with Crippen LogP contribution in [0.4, 0.5) is 5.82 Å². The number of nitrogens with one attached hydrogen (secondary N) is 1. The zero-order chi connectivity index (χ0) is 13.3. The van der Waals surface area contributed by atoms with Crippen LogP contribution in [0.25, 0.3) is 0 Å². The third-order valence-electron chi connectivity index (χ3n) is 4.52. The fourth-order valence-electron chi connectivity index (χ4n) is 3.80. The molecule has 0 unspecified atom stereocenters. The van der Waals surface area contributed by atoms with Crippen molar-refractivity contribution in [2.75, 3.05) is 17.7 Å². The van der Waals surface area contributed by atoms with Crippen LogP contribution in [0, 0.1) is 5.41 Å². The minimum absolute atomic E-state index is 0.0287. The molecule has 1 aliphatic heterocycles. The van der Waals surface area contributed by atoms with Gasteiger partial charge in [0.2, 0.25) is 5.28 Å². The Hall–Kier alpha value is -0.720. The molecule has 3 saturated carbocycles. The van der Waals surface area contributed by atoms with Crippen molar-refractivity contribution in [2.24, 2.45) is 5.41 Å². The first-order valence-corrected chi connectivity index (χ1v) is 8.08. The molecule has 5 rings (SSSR count). The highest BCUT2D eigenvalue weighted by Crippen LogP contribution is 2.68. The van der Waals surface area contributed by atoms with Crippen LogP contribution >= 0.6 is 11.6 Å². The zero-order valence-electron chi connectivity index (χ0n) is 10.3. The van der Waals surface area contributed by atoms with Crippen molar-refractivity contribution in [3.63, 3.8) is 0 Å². The summed E-state index contributed by atoms with van der Waals surface area (Å²) in [6, 6.07) is 0. The summed E-state index contributed by atoms with van der Waals surface area (Å²) >= 11 is 5.93. The molecule has 2 heterocycles. The minimum atomic E-state index is -1.02. The molecule has 0 radical (unpaired) electrons. The number of aromatic nitrogens is 2. The zero-order valence-corrected chi connectivity index (χ0v) is 11.9. The van der Waals surface area contributed by atoms with Crippen molar-refractivity contribution in [2.45, 2.75) is 36.1 Å². The first-order valence-electron chi connectivity index (χ1n) is 6.39. The van der Waals surface area contributed by atoms with Gasteiger partial charge >= 0.3 is 0 Å². The third-order valence-corrected chi connectivity index (χ3v) is 6.15. The Morgan fingerprint density at radius 3 is 2.79 bits per heavy atom. The number of hydrogen-bond acceptors (Lipinski definition) is 5. The second-order valence-corrected chi connectivity index (χ2v) is 7.86. The molecule has 2 N–H and O–H groups in total. The summed E-state index contributed by atoms with van der Waals surface area (Å²) in [5.41, 5.74) is 0.969. The van der Waals surface area contributed by atoms with Crippen LogP contribution in [-0.2, 0) is 17.2 Å². The Kier molecular flexibility index (Phi) is 2.33. The quantitative estimate of drug-likeness (QED) is 0.818. The predicted molar refractivity (Wildman–Crippen MR) is 71.7 cm³/mol. The van der Waals surface area contributed by atoms with Crippen molar-refractivity contribution in [1.29, 1.82) is 0 Å². The van der Waals surface area contributed by atoms with Crippen LogP contribution in [0.15, 0.2) is 4.90 Å². The van der Waals surface area contributed by atoms with E-state index in [0.29, 0.717) is 18.0 Å². The van der Waals surface area contributed by atoms with Gasteiger partial charge in [-0.3, -0.25) is 4.21 Å². The molecule has 4 aliphatic rings. The normalized spacial score (nSPS) is 38.3. The van der Waals surface area contributed by atoms with Gasteiger partial charge in [0.25, 0.3) is 0 Å². The Morgan fingerprint density at radius 1 is 1.37 bits per heavy atom. The molecule has 102 valence electrons. The first kappa shape index (κ1) is 12.1. The summed E-state index contributed by atoms with van der Waals surface area (Å²) in [6.07, 6.45) is 3.57. The average Bonchev–Trinajstić information content (AvgIpc) is 2.63. The summed E-state index contributed by atoms with van der Waals surface area (Å²) in [4.78, 5) is 9.11. The van der Waals surface area contributed by atoms with Gasteiger partial charge in [-0.05, 0) is 30.9 Å². The molecule has 1 aromatic rings. The lowest BCUT2D eigenvalue weighted by Crippen LogP contribution is -2.72. The van der Waals surface area contributed by atoms with E-state index in [4.69, 9.17) is 11.6 Å². The van der Waals surface area contributed by atoms with E-state index in [0.717, 1.165) is 29.9 Å². The molecular formula is C12H14ClN3O2S. The van der Waals surface area contributed by atoms with E-state index < -0.39 is 10.8 Å². The molecule has 0 saturated heterocycles. The highest BCUT2D eigenvalue weighted by Gasteiger charge is 2.67. The SMILES string of the molecule is O=[S@]1CCc2nc(Cl)nc(NC34CC(CO)(C3)C4)c21. The number of nitrogens with zero attached hydrogens (tertiary/aromatic N) is 2. The summed E-state index contributed by atoms with van der Waals surface area (Å²) in [7, 11) is -1.02. The number of halogens is 1. The Labute approximate surface area is 118 Å². The standard InChI is InChI=1S/C12H14ClN3O2S/c13-10-14-7-1-2-19(18)8(7)9(15-10)16-12-3-11(4-12,5-12)6-17/h17H,1-6H2,(H,14,15,16)/t11?,12?,19-/m0/s1. The first-order chi connectivity index (χ1) is 9.05. The number of aryl methyl sites for hydroxylation is 1. The largest absolute Gasteiger partial charge is 0.396 e. The molecular weight excluding hydrogens is 286 g/mol. The number of anilines is 1. The lowest BCUT2D eigenvalue weighted by molar-refractivity contribution is -0.146. The molecule has 7 heteroatoms. The van der Waals surface area contributed by atoms with Gasteiger partial charge < -0.3 is 10.4 Å². The van der Waals surface area contributed by atoms with Crippen molar-refractivity contribution < 1.29 is 9.32 Å². The Morgan fingerprint density at radius 2 is 2.11 bits per heavy atom. The maximum atomic E-state index is 12.0. The van der Waals surface area contributed by atoms with E-state index in [-0.39, 0.29) is 22.8 Å². The summed E-state index contributed by atoms with van der Waals surface area (Å²) in [6.45, 7) is 0.255. The van der Waals surface area contributed by atoms with E-state index in [9.17, 15) is 9.32 Å². The fraction of sp³-hybridized carbons (Fsp3) is 0.667. The van der Waals surface area contributed by atoms with Gasteiger partial charge in [-0.25, -0.2) is 4.98 Å². The lowest BCUT2D eigenvalue weighted by atomic mass is 9.39. The number of aliphatic hydroxyl groups excluding tert-OH is 1. The summed E-state index contributed by atoms with van der Waals surface area (Å²) in [5.74, 6) is 1.24. The van der Waals surface area contributed by atoms with Crippen molar-refractivity contribution in [3.8, 4) is 0 Å². The second-order valence-electron chi connectivity index (χ2n) is 6.01. The van der Waals surface area contributed by atoms with Gasteiger partial charge in [-0.2, -0.15) is 4.98 Å². The monoisotopic (exact) mass is 299 g/mol. The summed E-state index contributed by atoms with van der Waals surface area (Å²) in [5, 5.41) is 12.9. The number of fused-ring (bicyclic) bond motifs is 1. The molecule has 0 amide bonds. The van der Waals surface area contributed by atoms with Crippen LogP contribution in [0.2, 0.25) is 5.28 Å². The average molecular weight is 300 g/mol. The van der Waals surface area contributed by atoms with Crippen LogP contribution in [0.1, 0.15) is 25.0 Å². The van der Waals surface area contributed by atoms with Gasteiger partial charge in [0, 0.05) is 29.7 Å². The van der Waals surface area contributed by atoms with Gasteiger partial charge in [0.15, 0.2) is 0 Å². The van der Waals surface area contributed by atoms with E-state index in [2.05, 4.69) is 15.3 Å². The second kappa shape index (κ2) is 3.68. The number of hydrogen-bond donors (Lipinski definition) is 2. The van der Waals surface area contributed by atoms with E-state index in [1.54, 1.807) is 0 Å². The van der Waals surface area contributed by atoms with E-state index >= 15 is 0 Å². The maximum absolute atomic E-state index is 12.0. The molecule has 19 heavy (non-hydrogen) atoms. The van der Waals surface area contributed by atoms with Crippen molar-refractivity contribution in [1.82, 2.24) is 9.97 Å². The highest BCUT2D eigenvalue weighted by atomic mass is 35.5. The van der Waals surface area contributed by atoms with Crippen molar-refractivity contribution >= 4 is 28.2 Å². The molecule has 0 spiro atoms. The van der Waals surface area contributed by atoms with Crippen LogP contribution < -0.4 is 5.32 Å². The minimum Gasteiger partial charge on any atom is -0.396 e. The Balaban J connectivity index is 1.65. The van der Waals surface area contributed by atoms with Gasteiger partial charge in [0.1, 0.15) is 10.7 Å². The molecule has 3 aliphatic carbocycles. The fourth-order valence-corrected chi connectivity index (χ4v) is 5.29. The highest BCUT2D eigenvalue weighted by molar-refractivity contribution is 7.85. The van der Waals surface area contributed by atoms with Crippen LogP contribution in [0.3, 0.4) is 0 Å².